The van der Waals surface area contributed by atoms with Crippen molar-refractivity contribution in [3.05, 3.63) is 30.3 Å². The van der Waals surface area contributed by atoms with E-state index in [1.165, 1.54) is 0 Å². The Balaban J connectivity index is 2.24. The SMILES string of the molecule is CCONC(=O)CNC(=O)Nc1ccccc1. The van der Waals surface area contributed by atoms with E-state index in [9.17, 15) is 9.59 Å². The molecule has 0 bridgehead atoms. The predicted octanol–water partition coefficient (Wildman–Crippen LogP) is 0.876. The van der Waals surface area contributed by atoms with Gasteiger partial charge in [-0.05, 0) is 19.1 Å². The lowest BCUT2D eigenvalue weighted by molar-refractivity contribution is -0.132. The van der Waals surface area contributed by atoms with Crippen molar-refractivity contribution >= 4 is 17.6 Å². The minimum atomic E-state index is -0.442. The maximum atomic E-state index is 11.3. The van der Waals surface area contributed by atoms with Crippen molar-refractivity contribution in [1.29, 1.82) is 0 Å². The smallest absolute Gasteiger partial charge is 0.319 e. The van der Waals surface area contributed by atoms with E-state index in [1.54, 1.807) is 31.2 Å². The molecular formula is C11H15N3O3. The molecule has 6 heteroatoms. The fourth-order valence-corrected chi connectivity index (χ4v) is 1.05. The van der Waals surface area contributed by atoms with Crippen LogP contribution in [0.5, 0.6) is 0 Å². The van der Waals surface area contributed by atoms with Gasteiger partial charge in [0, 0.05) is 5.69 Å². The molecule has 0 atom stereocenters. The first-order valence-corrected chi connectivity index (χ1v) is 5.23. The van der Waals surface area contributed by atoms with Crippen molar-refractivity contribution in [2.75, 3.05) is 18.5 Å². The molecule has 0 aliphatic carbocycles. The highest BCUT2D eigenvalue weighted by atomic mass is 16.6. The van der Waals surface area contributed by atoms with Crippen LogP contribution >= 0.6 is 0 Å². The van der Waals surface area contributed by atoms with Crippen LogP contribution in [0.4, 0.5) is 10.5 Å². The van der Waals surface area contributed by atoms with E-state index in [0.29, 0.717) is 12.3 Å². The van der Waals surface area contributed by atoms with E-state index < -0.39 is 11.9 Å². The van der Waals surface area contributed by atoms with E-state index >= 15 is 0 Å². The normalized spacial score (nSPS) is 9.47. The minimum absolute atomic E-state index is 0.140. The molecule has 0 saturated carbocycles. The molecule has 0 aliphatic rings. The largest absolute Gasteiger partial charge is 0.329 e. The van der Waals surface area contributed by atoms with Gasteiger partial charge in [0.1, 0.15) is 6.54 Å². The third kappa shape index (κ3) is 5.53. The highest BCUT2D eigenvalue weighted by Crippen LogP contribution is 2.03. The highest BCUT2D eigenvalue weighted by molar-refractivity contribution is 5.91. The lowest BCUT2D eigenvalue weighted by Crippen LogP contribution is -2.38. The number of hydroxylamine groups is 1. The average Bonchev–Trinajstić information content (AvgIpc) is 2.35. The minimum Gasteiger partial charge on any atom is -0.329 e. The van der Waals surface area contributed by atoms with Crippen LogP contribution in [-0.2, 0) is 9.63 Å². The lowest BCUT2D eigenvalue weighted by Gasteiger charge is -2.07. The number of rotatable bonds is 5. The summed E-state index contributed by atoms with van der Waals surface area (Å²) in [6, 6.07) is 8.51. The first-order chi connectivity index (χ1) is 8.22. The van der Waals surface area contributed by atoms with Crippen molar-refractivity contribution in [2.24, 2.45) is 0 Å². The predicted molar refractivity (Wildman–Crippen MR) is 63.2 cm³/mol. The van der Waals surface area contributed by atoms with Gasteiger partial charge in [-0.3, -0.25) is 9.63 Å². The number of urea groups is 1. The third-order valence-corrected chi connectivity index (χ3v) is 1.77. The van der Waals surface area contributed by atoms with Crippen molar-refractivity contribution in [1.82, 2.24) is 10.8 Å². The first-order valence-electron chi connectivity index (χ1n) is 5.23. The van der Waals surface area contributed by atoms with Gasteiger partial charge in [0.05, 0.1) is 6.61 Å². The Morgan fingerprint density at radius 1 is 1.24 bits per heavy atom. The molecular weight excluding hydrogens is 222 g/mol. The Kier molecular flexibility index (Phi) is 5.53. The van der Waals surface area contributed by atoms with Gasteiger partial charge in [-0.15, -0.1) is 0 Å². The van der Waals surface area contributed by atoms with Crippen molar-refractivity contribution < 1.29 is 14.4 Å². The zero-order valence-electron chi connectivity index (χ0n) is 9.53. The fourth-order valence-electron chi connectivity index (χ4n) is 1.05. The van der Waals surface area contributed by atoms with Gasteiger partial charge in [0.2, 0.25) is 0 Å². The van der Waals surface area contributed by atoms with Crippen molar-refractivity contribution in [2.45, 2.75) is 6.92 Å². The Morgan fingerprint density at radius 2 is 1.94 bits per heavy atom. The fraction of sp³-hybridized carbons (Fsp3) is 0.273. The van der Waals surface area contributed by atoms with Gasteiger partial charge in [-0.2, -0.15) is 0 Å². The number of benzene rings is 1. The first kappa shape index (κ1) is 13.0. The number of hydrogen-bond donors (Lipinski definition) is 3. The summed E-state index contributed by atoms with van der Waals surface area (Å²) in [5, 5.41) is 4.98. The third-order valence-electron chi connectivity index (χ3n) is 1.77. The van der Waals surface area contributed by atoms with E-state index in [4.69, 9.17) is 0 Å². The summed E-state index contributed by atoms with van der Waals surface area (Å²) in [6.07, 6.45) is 0. The number of hydrogen-bond acceptors (Lipinski definition) is 3. The molecule has 0 saturated heterocycles. The summed E-state index contributed by atoms with van der Waals surface area (Å²) in [7, 11) is 0. The number of carbonyl (C=O) groups is 2. The summed E-state index contributed by atoms with van der Waals surface area (Å²) in [6.45, 7) is 1.98. The van der Waals surface area contributed by atoms with Crippen LogP contribution in [0.25, 0.3) is 0 Å². The van der Waals surface area contributed by atoms with Crippen LogP contribution in [0, 0.1) is 0 Å². The summed E-state index contributed by atoms with van der Waals surface area (Å²) in [5.74, 6) is -0.407. The lowest BCUT2D eigenvalue weighted by atomic mass is 10.3. The van der Waals surface area contributed by atoms with Gasteiger partial charge < -0.3 is 10.6 Å². The van der Waals surface area contributed by atoms with Crippen molar-refractivity contribution in [3.63, 3.8) is 0 Å². The van der Waals surface area contributed by atoms with Crippen LogP contribution in [0.15, 0.2) is 30.3 Å². The number of anilines is 1. The van der Waals surface area contributed by atoms with Gasteiger partial charge in [0.15, 0.2) is 0 Å². The molecule has 0 fully saturated rings. The van der Waals surface area contributed by atoms with Crippen LogP contribution in [0.2, 0.25) is 0 Å². The van der Waals surface area contributed by atoms with Crippen molar-refractivity contribution in [3.8, 4) is 0 Å². The van der Waals surface area contributed by atoms with E-state index in [1.807, 2.05) is 6.07 Å². The van der Waals surface area contributed by atoms with Gasteiger partial charge in [-0.1, -0.05) is 18.2 Å². The maximum Gasteiger partial charge on any atom is 0.319 e. The molecule has 0 radical (unpaired) electrons. The van der Waals surface area contributed by atoms with E-state index in [-0.39, 0.29) is 6.54 Å². The molecule has 6 nitrogen and oxygen atoms in total. The molecule has 1 aromatic rings. The Labute approximate surface area is 99.3 Å². The van der Waals surface area contributed by atoms with Crippen LogP contribution in [0.1, 0.15) is 6.92 Å². The van der Waals surface area contributed by atoms with Crippen LogP contribution in [-0.4, -0.2) is 25.1 Å². The van der Waals surface area contributed by atoms with E-state index in [2.05, 4.69) is 21.0 Å². The van der Waals surface area contributed by atoms with E-state index in [0.717, 1.165) is 0 Å². The molecule has 17 heavy (non-hydrogen) atoms. The second-order valence-corrected chi connectivity index (χ2v) is 3.13. The summed E-state index contributed by atoms with van der Waals surface area (Å²) in [5.41, 5.74) is 2.83. The second kappa shape index (κ2) is 7.24. The standard InChI is InChI=1S/C11H15N3O3/c1-2-17-14-10(15)8-12-11(16)13-9-6-4-3-5-7-9/h3-7H,2,8H2,1H3,(H,14,15)(H2,12,13,16). The molecule has 0 heterocycles. The Bertz CT molecular complexity index is 367. The molecule has 0 aliphatic heterocycles. The average molecular weight is 237 g/mol. The monoisotopic (exact) mass is 237 g/mol. The zero-order chi connectivity index (χ0) is 12.5. The Morgan fingerprint density at radius 3 is 2.59 bits per heavy atom. The molecule has 1 rings (SSSR count). The number of carbonyl (C=O) groups excluding carboxylic acids is 2. The molecule has 0 aromatic heterocycles. The zero-order valence-corrected chi connectivity index (χ0v) is 9.53. The summed E-state index contributed by atoms with van der Waals surface area (Å²) < 4.78 is 0. The highest BCUT2D eigenvalue weighted by Gasteiger charge is 2.04. The molecule has 3 N–H and O–H groups in total. The molecule has 92 valence electrons. The molecule has 0 unspecified atom stereocenters. The number of nitrogens with one attached hydrogen (secondary N) is 3. The number of para-hydroxylation sites is 1. The molecule has 0 spiro atoms. The maximum absolute atomic E-state index is 11.3. The van der Waals surface area contributed by atoms with Gasteiger partial charge in [0.25, 0.3) is 5.91 Å². The summed E-state index contributed by atoms with van der Waals surface area (Å²) >= 11 is 0. The molecule has 1 aromatic carbocycles. The molecule has 3 amide bonds. The number of amides is 3. The van der Waals surface area contributed by atoms with Crippen LogP contribution < -0.4 is 16.1 Å². The second-order valence-electron chi connectivity index (χ2n) is 3.13. The summed E-state index contributed by atoms with van der Waals surface area (Å²) in [4.78, 5) is 27.1. The van der Waals surface area contributed by atoms with Gasteiger partial charge >= 0.3 is 6.03 Å². The van der Waals surface area contributed by atoms with Gasteiger partial charge in [-0.25, -0.2) is 10.3 Å². The Hall–Kier alpha value is -2.08. The van der Waals surface area contributed by atoms with Crippen LogP contribution in [0.3, 0.4) is 0 Å². The quantitative estimate of drug-likeness (QED) is 0.665. The topological polar surface area (TPSA) is 79.5 Å².